The van der Waals surface area contributed by atoms with Gasteiger partial charge in [-0.1, -0.05) is 19.3 Å². The summed E-state index contributed by atoms with van der Waals surface area (Å²) in [7, 11) is -0.971. The van der Waals surface area contributed by atoms with Crippen LogP contribution in [0.25, 0.3) is 0 Å². The van der Waals surface area contributed by atoms with Crippen LogP contribution in [0.3, 0.4) is 0 Å². The molecule has 0 spiro atoms. The van der Waals surface area contributed by atoms with Gasteiger partial charge in [0.15, 0.2) is 8.69 Å². The van der Waals surface area contributed by atoms with E-state index in [2.05, 4.69) is 0 Å². The van der Waals surface area contributed by atoms with Crippen LogP contribution in [0, 0.1) is 0 Å². The van der Waals surface area contributed by atoms with Gasteiger partial charge in [-0.15, -0.1) is 0 Å². The van der Waals surface area contributed by atoms with Crippen molar-refractivity contribution in [3.05, 3.63) is 0 Å². The van der Waals surface area contributed by atoms with Gasteiger partial charge in [0, 0.05) is 0 Å². The smallest absolute Gasteiger partial charge is 0.180 e. The van der Waals surface area contributed by atoms with Crippen molar-refractivity contribution in [1.82, 2.24) is 6.15 Å². The van der Waals surface area contributed by atoms with E-state index in [0.717, 1.165) is 12.8 Å². The second kappa shape index (κ2) is 5.90. The molecule has 0 amide bonds. The lowest BCUT2D eigenvalue weighted by atomic mass is 9.98. The summed E-state index contributed by atoms with van der Waals surface area (Å²) in [6, 6.07) is 0. The van der Waals surface area contributed by atoms with E-state index in [0.29, 0.717) is 6.10 Å². The van der Waals surface area contributed by atoms with Gasteiger partial charge in [-0.05, 0) is 12.8 Å². The lowest BCUT2D eigenvalue weighted by molar-refractivity contribution is 0.172. The van der Waals surface area contributed by atoms with E-state index in [4.69, 9.17) is 4.52 Å². The second-order valence-electron chi connectivity index (χ2n) is 2.49. The summed E-state index contributed by atoms with van der Waals surface area (Å²) < 4.78 is 15.1. The van der Waals surface area contributed by atoms with Gasteiger partial charge in [0.2, 0.25) is 0 Å². The molecule has 0 aromatic carbocycles. The van der Waals surface area contributed by atoms with Gasteiger partial charge in [0.25, 0.3) is 0 Å². The number of hydrogen-bond acceptors (Lipinski definition) is 3. The highest BCUT2D eigenvalue weighted by Crippen LogP contribution is 2.22. The van der Waals surface area contributed by atoms with Gasteiger partial charge in [-0.2, -0.15) is 0 Å². The molecule has 1 atom stereocenters. The Labute approximate surface area is 63.0 Å². The summed E-state index contributed by atoms with van der Waals surface area (Å²) in [5.74, 6) is 0. The van der Waals surface area contributed by atoms with E-state index in [9.17, 15) is 4.57 Å². The van der Waals surface area contributed by atoms with Crippen molar-refractivity contribution >= 4 is 8.69 Å². The van der Waals surface area contributed by atoms with Crippen molar-refractivity contribution in [2.75, 3.05) is 0 Å². The van der Waals surface area contributed by atoms with E-state index in [1.807, 2.05) is 0 Å². The molecule has 0 heterocycles. The normalized spacial score (nSPS) is 21.2. The third kappa shape index (κ3) is 3.35. The Bertz CT molecular complexity index is 93.7. The monoisotopic (exact) mass is 165 g/mol. The van der Waals surface area contributed by atoms with Gasteiger partial charge in [0.05, 0.1) is 6.10 Å². The third-order valence-corrected chi connectivity index (χ3v) is 2.30. The van der Waals surface area contributed by atoms with E-state index < -0.39 is 8.69 Å². The molecule has 1 unspecified atom stereocenters. The summed E-state index contributed by atoms with van der Waals surface area (Å²) in [6.45, 7) is 0. The topological polar surface area (TPSA) is 61.3 Å². The molecule has 0 aliphatic heterocycles. The molecule has 0 radical (unpaired) electrons. The molecule has 0 bridgehead atoms. The molecule has 0 aromatic rings. The molecule has 1 saturated carbocycles. The maximum Gasteiger partial charge on any atom is 0.180 e. The predicted octanol–water partition coefficient (Wildman–Crippen LogP) is 2.17. The molecule has 4 heteroatoms. The zero-order valence-electron chi connectivity index (χ0n) is 6.21. The van der Waals surface area contributed by atoms with E-state index in [1.54, 1.807) is 0 Å². The van der Waals surface area contributed by atoms with Crippen molar-refractivity contribution in [3.63, 3.8) is 0 Å². The van der Waals surface area contributed by atoms with Gasteiger partial charge in [-0.25, -0.2) is 0 Å². The van der Waals surface area contributed by atoms with Crippen LogP contribution in [0.15, 0.2) is 0 Å². The quantitative estimate of drug-likeness (QED) is 0.638. The van der Waals surface area contributed by atoms with Crippen LogP contribution < -0.4 is 6.15 Å². The first-order valence-corrected chi connectivity index (χ1v) is 4.47. The van der Waals surface area contributed by atoms with Crippen LogP contribution >= 0.6 is 8.69 Å². The van der Waals surface area contributed by atoms with Crippen molar-refractivity contribution in [3.8, 4) is 0 Å². The first kappa shape index (κ1) is 10.2. The Morgan fingerprint density at radius 3 is 2.30 bits per heavy atom. The lowest BCUT2D eigenvalue weighted by Crippen LogP contribution is -2.11. The van der Waals surface area contributed by atoms with E-state index in [-0.39, 0.29) is 6.15 Å². The molecule has 1 fully saturated rings. The maximum atomic E-state index is 10.1. The van der Waals surface area contributed by atoms with Crippen molar-refractivity contribution in [1.29, 1.82) is 0 Å². The van der Waals surface area contributed by atoms with Crippen LogP contribution in [0.5, 0.6) is 0 Å². The zero-order chi connectivity index (χ0) is 6.53. The molecule has 3 nitrogen and oxygen atoms in total. The van der Waals surface area contributed by atoms with Crippen LogP contribution in [-0.4, -0.2) is 6.10 Å². The minimum Gasteiger partial charge on any atom is -0.344 e. The Hall–Kier alpha value is 0.150. The Kier molecular flexibility index (Phi) is 5.99. The Balaban J connectivity index is 0.000000810. The van der Waals surface area contributed by atoms with Crippen molar-refractivity contribution in [2.24, 2.45) is 0 Å². The maximum absolute atomic E-state index is 10.1. The van der Waals surface area contributed by atoms with Crippen molar-refractivity contribution in [2.45, 2.75) is 38.2 Å². The average molecular weight is 165 g/mol. The Morgan fingerprint density at radius 1 is 1.20 bits per heavy atom. The summed E-state index contributed by atoms with van der Waals surface area (Å²) >= 11 is 0. The molecule has 0 saturated heterocycles. The zero-order valence-corrected chi connectivity index (χ0v) is 7.37. The highest BCUT2D eigenvalue weighted by Gasteiger charge is 2.11. The fourth-order valence-corrected chi connectivity index (χ4v) is 1.71. The minimum atomic E-state index is -0.971. The van der Waals surface area contributed by atoms with E-state index in [1.165, 1.54) is 19.3 Å². The molecular weight excluding hydrogens is 149 g/mol. The SMILES string of the molecule is N.O=[PH2]OC1CCCCC1. The van der Waals surface area contributed by atoms with Crippen LogP contribution in [0.4, 0.5) is 0 Å². The van der Waals surface area contributed by atoms with Gasteiger partial charge in [0.1, 0.15) is 0 Å². The Morgan fingerprint density at radius 2 is 1.80 bits per heavy atom. The van der Waals surface area contributed by atoms with Crippen molar-refractivity contribution < 1.29 is 9.09 Å². The summed E-state index contributed by atoms with van der Waals surface area (Å²) in [5.41, 5.74) is 0. The van der Waals surface area contributed by atoms with Gasteiger partial charge >= 0.3 is 0 Å². The highest BCUT2D eigenvalue weighted by atomic mass is 31.1. The molecule has 3 N–H and O–H groups in total. The highest BCUT2D eigenvalue weighted by molar-refractivity contribution is 7.17. The number of hydrogen-bond donors (Lipinski definition) is 1. The first-order chi connectivity index (χ1) is 4.43. The molecule has 1 aliphatic rings. The minimum absolute atomic E-state index is 0. The third-order valence-electron chi connectivity index (χ3n) is 1.80. The summed E-state index contributed by atoms with van der Waals surface area (Å²) in [4.78, 5) is 0. The molecule has 62 valence electrons. The lowest BCUT2D eigenvalue weighted by Gasteiger charge is -2.18. The molecule has 0 aromatic heterocycles. The predicted molar refractivity (Wildman–Crippen MR) is 43.4 cm³/mol. The molecule has 1 rings (SSSR count). The van der Waals surface area contributed by atoms with Gasteiger partial charge in [-0.3, -0.25) is 4.57 Å². The van der Waals surface area contributed by atoms with Crippen LogP contribution in [0.1, 0.15) is 32.1 Å². The fraction of sp³-hybridized carbons (Fsp3) is 1.00. The fourth-order valence-electron chi connectivity index (χ4n) is 1.28. The molecule has 10 heavy (non-hydrogen) atoms. The van der Waals surface area contributed by atoms with Crippen LogP contribution in [-0.2, 0) is 9.09 Å². The molecular formula is C6H16NO2P. The number of rotatable bonds is 2. The second-order valence-corrected chi connectivity index (χ2v) is 2.96. The van der Waals surface area contributed by atoms with E-state index >= 15 is 0 Å². The molecule has 1 aliphatic carbocycles. The average Bonchev–Trinajstić information content (AvgIpc) is 1.91. The standard InChI is InChI=1S/C6H13O2P.H3N/c7-9-8-6-4-2-1-3-5-6;/h6H,1-5,9H2;1H3. The first-order valence-electron chi connectivity index (χ1n) is 3.52. The van der Waals surface area contributed by atoms with Crippen LogP contribution in [0.2, 0.25) is 0 Å². The largest absolute Gasteiger partial charge is 0.344 e. The summed E-state index contributed by atoms with van der Waals surface area (Å²) in [6.07, 6.45) is 6.40. The van der Waals surface area contributed by atoms with Gasteiger partial charge < -0.3 is 10.7 Å². The summed E-state index contributed by atoms with van der Waals surface area (Å²) in [5, 5.41) is 0.